The molecule has 0 bridgehead atoms. The Bertz CT molecular complexity index is 4180. The second kappa shape index (κ2) is 17.7. The summed E-state index contributed by atoms with van der Waals surface area (Å²) in [5.74, 6) is 2.13. The zero-order valence-electron chi connectivity index (χ0n) is 40.0. The minimum Gasteiger partial charge on any atom is -0.452 e. The maximum atomic E-state index is 6.76. The fourth-order valence-corrected chi connectivity index (χ4v) is 11.0. The maximum Gasteiger partial charge on any atom is 0.180 e. The highest BCUT2D eigenvalue weighted by molar-refractivity contribution is 6.07. The SMILES string of the molecule is c1ccc(-c2ccc(-c3nc(-c4ccccc4)nc(-c4cc5c(cc4-c4nc(-c6cccc(-c7ccccc7)c6)c6oc7ccccc7c6n4)C(c4ccccc4)(c4ccccc4)c4ccccc4-5)n3)cc2)cc1. The van der Waals surface area contributed by atoms with Gasteiger partial charge in [0.25, 0.3) is 0 Å². The summed E-state index contributed by atoms with van der Waals surface area (Å²) in [4.78, 5) is 27.3. The van der Waals surface area contributed by atoms with Crippen LogP contribution in [0.2, 0.25) is 0 Å². The largest absolute Gasteiger partial charge is 0.452 e. The van der Waals surface area contributed by atoms with Crippen molar-refractivity contribution in [1.82, 2.24) is 24.9 Å². The molecule has 13 aromatic rings. The van der Waals surface area contributed by atoms with Crippen molar-refractivity contribution in [2.24, 2.45) is 0 Å². The summed E-state index contributed by atoms with van der Waals surface area (Å²) < 4.78 is 6.76. The van der Waals surface area contributed by atoms with E-state index in [0.29, 0.717) is 34.6 Å². The van der Waals surface area contributed by atoms with E-state index in [-0.39, 0.29) is 0 Å². The molecule has 74 heavy (non-hydrogen) atoms. The standard InChI is InChI=1S/C68H43N5O/c1-6-21-44(22-7-1)46-37-39-48(40-38-46)65-71-64(47-25-10-3-11-26-47)72-67(73-65)56-42-55-53-33-16-18-35-58(53)68(51-29-12-4-13-30-51,52-31-14-5-15-32-52)59(55)43-57(56)66-69-61(63-62(70-66)54-34-17-19-36-60(54)74-63)50-28-20-27-49(41-50)45-23-8-2-9-24-45/h1-43H. The van der Waals surface area contributed by atoms with E-state index in [4.69, 9.17) is 29.3 Å². The van der Waals surface area contributed by atoms with E-state index in [1.165, 1.54) is 5.56 Å². The average Bonchev–Trinajstić information content (AvgIpc) is 4.01. The summed E-state index contributed by atoms with van der Waals surface area (Å²) in [6, 6.07) is 91.2. The third kappa shape index (κ3) is 7.14. The number of benzene rings is 10. The van der Waals surface area contributed by atoms with Gasteiger partial charge in [-0.05, 0) is 86.0 Å². The molecule has 3 heterocycles. The molecule has 0 spiro atoms. The second-order valence-electron chi connectivity index (χ2n) is 18.7. The van der Waals surface area contributed by atoms with Gasteiger partial charge in [-0.25, -0.2) is 24.9 Å². The van der Waals surface area contributed by atoms with Crippen molar-refractivity contribution in [2.45, 2.75) is 5.41 Å². The van der Waals surface area contributed by atoms with Crippen molar-refractivity contribution in [2.75, 3.05) is 0 Å². The molecule has 14 rings (SSSR count). The molecular formula is C68H43N5O. The first-order chi connectivity index (χ1) is 36.7. The summed E-state index contributed by atoms with van der Waals surface area (Å²) in [6.07, 6.45) is 0. The van der Waals surface area contributed by atoms with Crippen LogP contribution in [0.25, 0.3) is 112 Å². The molecule has 10 aromatic carbocycles. The zero-order chi connectivity index (χ0) is 49.0. The zero-order valence-corrected chi connectivity index (χ0v) is 40.0. The molecule has 1 aliphatic rings. The van der Waals surface area contributed by atoms with Crippen molar-refractivity contribution in [3.63, 3.8) is 0 Å². The average molecular weight is 946 g/mol. The minimum atomic E-state index is -0.707. The van der Waals surface area contributed by atoms with E-state index in [1.807, 2.05) is 60.7 Å². The first-order valence-corrected chi connectivity index (χ1v) is 24.9. The van der Waals surface area contributed by atoms with Gasteiger partial charge in [0.1, 0.15) is 16.8 Å². The summed E-state index contributed by atoms with van der Waals surface area (Å²) >= 11 is 0. The number of nitrogens with zero attached hydrogens (tertiary/aromatic N) is 5. The smallest absolute Gasteiger partial charge is 0.180 e. The number of aromatic nitrogens is 5. The summed E-state index contributed by atoms with van der Waals surface area (Å²) in [7, 11) is 0. The summed E-state index contributed by atoms with van der Waals surface area (Å²) in [5, 5.41) is 0.900. The topological polar surface area (TPSA) is 77.6 Å². The maximum absolute atomic E-state index is 6.76. The predicted molar refractivity (Wildman–Crippen MR) is 298 cm³/mol. The fourth-order valence-electron chi connectivity index (χ4n) is 11.0. The Balaban J connectivity index is 1.09. The lowest BCUT2D eigenvalue weighted by atomic mass is 9.67. The number of hydrogen-bond acceptors (Lipinski definition) is 6. The Labute approximate surface area is 428 Å². The van der Waals surface area contributed by atoms with Gasteiger partial charge in [-0.1, -0.05) is 231 Å². The molecule has 0 radical (unpaired) electrons. The molecule has 3 aromatic heterocycles. The van der Waals surface area contributed by atoms with Crippen LogP contribution in [0.1, 0.15) is 22.3 Å². The number of furan rings is 1. The van der Waals surface area contributed by atoms with E-state index < -0.39 is 5.41 Å². The molecule has 6 heteroatoms. The lowest BCUT2D eigenvalue weighted by molar-refractivity contribution is 0.667. The summed E-state index contributed by atoms with van der Waals surface area (Å²) in [6.45, 7) is 0. The molecule has 0 aliphatic heterocycles. The number of hydrogen-bond donors (Lipinski definition) is 0. The van der Waals surface area contributed by atoms with E-state index in [0.717, 1.165) is 94.4 Å². The Morgan fingerprint density at radius 2 is 0.757 bits per heavy atom. The van der Waals surface area contributed by atoms with Gasteiger partial charge in [-0.2, -0.15) is 0 Å². The van der Waals surface area contributed by atoms with Crippen LogP contribution < -0.4 is 0 Å². The molecule has 1 aliphatic carbocycles. The van der Waals surface area contributed by atoms with Gasteiger partial charge in [-0.15, -0.1) is 0 Å². The van der Waals surface area contributed by atoms with Crippen LogP contribution in [-0.4, -0.2) is 24.9 Å². The van der Waals surface area contributed by atoms with Gasteiger partial charge in [0.05, 0.1) is 5.41 Å². The lowest BCUT2D eigenvalue weighted by Crippen LogP contribution is -2.28. The molecule has 0 atom stereocenters. The molecule has 0 N–H and O–H groups in total. The highest BCUT2D eigenvalue weighted by atomic mass is 16.3. The van der Waals surface area contributed by atoms with E-state index in [2.05, 4.69) is 200 Å². The van der Waals surface area contributed by atoms with Crippen LogP contribution >= 0.6 is 0 Å². The van der Waals surface area contributed by atoms with Crippen LogP contribution in [0.3, 0.4) is 0 Å². The Kier molecular flexibility index (Phi) is 10.3. The van der Waals surface area contributed by atoms with Crippen molar-refractivity contribution in [3.8, 4) is 90.2 Å². The van der Waals surface area contributed by atoms with E-state index in [1.54, 1.807) is 0 Å². The van der Waals surface area contributed by atoms with Crippen LogP contribution in [0.15, 0.2) is 265 Å². The molecule has 0 unspecified atom stereocenters. The number of fused-ring (bicyclic) bond motifs is 6. The van der Waals surface area contributed by atoms with Crippen molar-refractivity contribution in [3.05, 3.63) is 283 Å². The highest BCUT2D eigenvalue weighted by Gasteiger charge is 2.47. The molecule has 0 saturated heterocycles. The molecule has 346 valence electrons. The van der Waals surface area contributed by atoms with Gasteiger partial charge in [0, 0.05) is 33.2 Å². The van der Waals surface area contributed by atoms with E-state index in [9.17, 15) is 0 Å². The summed E-state index contributed by atoms with van der Waals surface area (Å²) in [5.41, 5.74) is 17.5. The van der Waals surface area contributed by atoms with Crippen molar-refractivity contribution >= 4 is 22.1 Å². The second-order valence-corrected chi connectivity index (χ2v) is 18.7. The normalized spacial score (nSPS) is 12.4. The van der Waals surface area contributed by atoms with Gasteiger partial charge in [0.2, 0.25) is 0 Å². The monoisotopic (exact) mass is 945 g/mol. The van der Waals surface area contributed by atoms with E-state index >= 15 is 0 Å². The highest BCUT2D eigenvalue weighted by Crippen LogP contribution is 2.58. The lowest BCUT2D eigenvalue weighted by Gasteiger charge is -2.34. The number of para-hydroxylation sites is 1. The minimum absolute atomic E-state index is 0.501. The van der Waals surface area contributed by atoms with Crippen LogP contribution in [0.4, 0.5) is 0 Å². The van der Waals surface area contributed by atoms with Crippen molar-refractivity contribution < 1.29 is 4.42 Å². The first kappa shape index (κ1) is 42.9. The Morgan fingerprint density at radius 3 is 1.43 bits per heavy atom. The third-order valence-corrected chi connectivity index (χ3v) is 14.5. The van der Waals surface area contributed by atoms with Crippen LogP contribution in [-0.2, 0) is 5.41 Å². The molecule has 6 nitrogen and oxygen atoms in total. The van der Waals surface area contributed by atoms with Gasteiger partial charge in [0.15, 0.2) is 28.9 Å². The van der Waals surface area contributed by atoms with Crippen LogP contribution in [0, 0.1) is 0 Å². The Morgan fingerprint density at radius 1 is 0.284 bits per heavy atom. The molecule has 0 amide bonds. The molecule has 0 fully saturated rings. The van der Waals surface area contributed by atoms with Gasteiger partial charge in [-0.3, -0.25) is 0 Å². The van der Waals surface area contributed by atoms with Gasteiger partial charge < -0.3 is 4.42 Å². The fraction of sp³-hybridized carbons (Fsp3) is 0.0147. The van der Waals surface area contributed by atoms with Crippen LogP contribution in [0.5, 0.6) is 0 Å². The molecular weight excluding hydrogens is 903 g/mol. The Hall–Kier alpha value is -9.91. The number of rotatable bonds is 9. The van der Waals surface area contributed by atoms with Gasteiger partial charge >= 0.3 is 0 Å². The quantitative estimate of drug-likeness (QED) is 0.143. The van der Waals surface area contributed by atoms with Crippen molar-refractivity contribution in [1.29, 1.82) is 0 Å². The third-order valence-electron chi connectivity index (χ3n) is 14.5. The first-order valence-electron chi connectivity index (χ1n) is 24.9. The molecule has 0 saturated carbocycles. The predicted octanol–water partition coefficient (Wildman–Crippen LogP) is 16.6.